The van der Waals surface area contributed by atoms with Crippen LogP contribution in [0.4, 0.5) is 8.78 Å². The predicted octanol–water partition coefficient (Wildman–Crippen LogP) is 4.87. The summed E-state index contributed by atoms with van der Waals surface area (Å²) in [6.07, 6.45) is 2.14. The number of nitrogens with two attached hydrogens (primary N) is 1. The van der Waals surface area contributed by atoms with Gasteiger partial charge in [-0.15, -0.1) is 0 Å². The van der Waals surface area contributed by atoms with E-state index in [1.54, 1.807) is 16.7 Å². The third kappa shape index (κ3) is 6.74. The molecule has 0 unspecified atom stereocenters. The van der Waals surface area contributed by atoms with Crippen molar-refractivity contribution in [1.29, 1.82) is 0 Å². The zero-order chi connectivity index (χ0) is 28.9. The molecule has 0 bridgehead atoms. The van der Waals surface area contributed by atoms with Crippen molar-refractivity contribution in [3.05, 3.63) is 71.6 Å². The van der Waals surface area contributed by atoms with E-state index in [0.717, 1.165) is 36.6 Å². The number of aromatic nitrogens is 3. The van der Waals surface area contributed by atoms with E-state index in [0.29, 0.717) is 38.4 Å². The van der Waals surface area contributed by atoms with Crippen molar-refractivity contribution < 1.29 is 23.0 Å². The summed E-state index contributed by atoms with van der Waals surface area (Å²) in [4.78, 5) is 20.5. The van der Waals surface area contributed by atoms with Gasteiger partial charge in [-0.3, -0.25) is 4.79 Å². The lowest BCUT2D eigenvalue weighted by atomic mass is 9.94. The van der Waals surface area contributed by atoms with Gasteiger partial charge in [-0.05, 0) is 63.3 Å². The van der Waals surface area contributed by atoms with Crippen LogP contribution in [0.15, 0.2) is 48.5 Å². The summed E-state index contributed by atoms with van der Waals surface area (Å²) in [5, 5.41) is 4.65. The van der Waals surface area contributed by atoms with Crippen LogP contribution < -0.4 is 5.73 Å². The largest absolute Gasteiger partial charge is 0.376 e. The summed E-state index contributed by atoms with van der Waals surface area (Å²) < 4.78 is 42.5. The molecule has 0 saturated carbocycles. The minimum Gasteiger partial charge on any atom is -0.376 e. The van der Waals surface area contributed by atoms with Crippen LogP contribution in [0.2, 0.25) is 0 Å². The van der Waals surface area contributed by atoms with Gasteiger partial charge in [0.1, 0.15) is 23.8 Å². The van der Waals surface area contributed by atoms with Gasteiger partial charge in [-0.25, -0.2) is 18.4 Å². The van der Waals surface area contributed by atoms with E-state index >= 15 is 0 Å². The van der Waals surface area contributed by atoms with E-state index in [1.807, 2.05) is 51.1 Å². The van der Waals surface area contributed by atoms with E-state index in [9.17, 15) is 13.6 Å². The highest BCUT2D eigenvalue weighted by Gasteiger charge is 2.44. The van der Waals surface area contributed by atoms with Gasteiger partial charge in [0.15, 0.2) is 11.6 Å². The molecule has 10 heteroatoms. The van der Waals surface area contributed by atoms with Crippen LogP contribution in [-0.4, -0.2) is 63.6 Å². The first-order valence-electron chi connectivity index (χ1n) is 13.8. The molecule has 4 rings (SSSR count). The average Bonchev–Trinajstić information content (AvgIpc) is 3.63. The van der Waals surface area contributed by atoms with Crippen LogP contribution in [0.3, 0.4) is 0 Å². The molecule has 1 aromatic heterocycles. The Labute approximate surface area is 234 Å². The molecule has 40 heavy (non-hydrogen) atoms. The standard InChI is InChI=1S/C30H39F2N5O3/c1-5-22(33)15-16-36(29(38)25-12-9-17-40-25)26(30(2,3)39-4)28-34-27(23-18-21(31)13-14-24(23)32)35-37(28)19-20-10-7-6-8-11-20/h6-8,10-11,13-14,18,22,25-26H,5,9,12,15-17,19,33H2,1-4H3/t22-,25+,26+/m1/s1. The van der Waals surface area contributed by atoms with Crippen LogP contribution >= 0.6 is 0 Å². The molecule has 1 saturated heterocycles. The Morgan fingerprint density at radius 1 is 1.25 bits per heavy atom. The molecule has 0 radical (unpaired) electrons. The van der Waals surface area contributed by atoms with Crippen molar-refractivity contribution in [3.8, 4) is 11.4 Å². The van der Waals surface area contributed by atoms with Crippen molar-refractivity contribution in [2.24, 2.45) is 5.73 Å². The molecule has 0 aliphatic carbocycles. The molecular weight excluding hydrogens is 516 g/mol. The highest BCUT2D eigenvalue weighted by atomic mass is 19.1. The number of nitrogens with zero attached hydrogens (tertiary/aromatic N) is 4. The summed E-state index contributed by atoms with van der Waals surface area (Å²) >= 11 is 0. The molecule has 1 aliphatic rings. The van der Waals surface area contributed by atoms with E-state index < -0.39 is 29.4 Å². The first kappa shape index (κ1) is 29.8. The van der Waals surface area contributed by atoms with Gasteiger partial charge < -0.3 is 20.1 Å². The fourth-order valence-electron chi connectivity index (χ4n) is 4.98. The molecule has 1 amide bonds. The molecule has 2 heterocycles. The van der Waals surface area contributed by atoms with Gasteiger partial charge in [-0.2, -0.15) is 5.10 Å². The van der Waals surface area contributed by atoms with Crippen LogP contribution in [0.25, 0.3) is 11.4 Å². The Bertz CT molecular complexity index is 1280. The van der Waals surface area contributed by atoms with Crippen LogP contribution in [0, 0.1) is 11.6 Å². The smallest absolute Gasteiger partial charge is 0.252 e. The molecule has 3 aromatic rings. The van der Waals surface area contributed by atoms with E-state index in [-0.39, 0.29) is 23.3 Å². The number of hydrogen-bond acceptors (Lipinski definition) is 6. The topological polar surface area (TPSA) is 95.5 Å². The van der Waals surface area contributed by atoms with Gasteiger partial charge in [-0.1, -0.05) is 37.3 Å². The molecule has 0 spiro atoms. The molecule has 3 atom stereocenters. The lowest BCUT2D eigenvalue weighted by Gasteiger charge is -2.41. The summed E-state index contributed by atoms with van der Waals surface area (Å²) in [6.45, 7) is 6.90. The summed E-state index contributed by atoms with van der Waals surface area (Å²) in [5.41, 5.74) is 6.21. The Morgan fingerprint density at radius 2 is 2.00 bits per heavy atom. The fraction of sp³-hybridized carbons (Fsp3) is 0.500. The average molecular weight is 556 g/mol. The number of halogens is 2. The van der Waals surface area contributed by atoms with Crippen molar-refractivity contribution in [3.63, 3.8) is 0 Å². The van der Waals surface area contributed by atoms with Gasteiger partial charge in [0, 0.05) is 26.3 Å². The molecule has 2 N–H and O–H groups in total. The Balaban J connectivity index is 1.88. The zero-order valence-corrected chi connectivity index (χ0v) is 23.6. The first-order valence-corrected chi connectivity index (χ1v) is 13.8. The highest BCUT2D eigenvalue weighted by Crippen LogP contribution is 2.37. The highest BCUT2D eigenvalue weighted by molar-refractivity contribution is 5.81. The van der Waals surface area contributed by atoms with Crippen LogP contribution in [-0.2, 0) is 20.8 Å². The maximum atomic E-state index is 14.9. The van der Waals surface area contributed by atoms with Crippen molar-refractivity contribution in [1.82, 2.24) is 19.7 Å². The number of hydrogen-bond donors (Lipinski definition) is 1. The number of carbonyl (C=O) groups excluding carboxylic acids is 1. The lowest BCUT2D eigenvalue weighted by molar-refractivity contribution is -0.152. The second kappa shape index (κ2) is 13.0. The molecule has 1 aliphatic heterocycles. The van der Waals surface area contributed by atoms with E-state index in [2.05, 4.69) is 5.10 Å². The Kier molecular flexibility index (Phi) is 9.65. The fourth-order valence-corrected chi connectivity index (χ4v) is 4.98. The number of methoxy groups -OCH3 is 1. The minimum atomic E-state index is -0.941. The maximum absolute atomic E-state index is 14.9. The molecule has 216 valence electrons. The van der Waals surface area contributed by atoms with Gasteiger partial charge in [0.05, 0.1) is 17.7 Å². The number of ether oxygens (including phenoxy) is 2. The van der Waals surface area contributed by atoms with Crippen molar-refractivity contribution >= 4 is 5.91 Å². The normalized spacial score (nSPS) is 17.1. The summed E-state index contributed by atoms with van der Waals surface area (Å²) in [6, 6.07) is 12.0. The molecule has 8 nitrogen and oxygen atoms in total. The summed E-state index contributed by atoms with van der Waals surface area (Å²) in [7, 11) is 1.57. The lowest BCUT2D eigenvalue weighted by Crippen LogP contribution is -2.51. The van der Waals surface area contributed by atoms with Crippen LogP contribution in [0.1, 0.15) is 63.9 Å². The van der Waals surface area contributed by atoms with Gasteiger partial charge in [0.2, 0.25) is 0 Å². The van der Waals surface area contributed by atoms with E-state index in [1.165, 1.54) is 0 Å². The number of benzene rings is 2. The second-order valence-corrected chi connectivity index (χ2v) is 10.8. The van der Waals surface area contributed by atoms with Gasteiger partial charge in [0.25, 0.3) is 5.91 Å². The third-order valence-corrected chi connectivity index (χ3v) is 7.54. The molecule has 2 aromatic carbocycles. The van der Waals surface area contributed by atoms with Gasteiger partial charge >= 0.3 is 0 Å². The zero-order valence-electron chi connectivity index (χ0n) is 23.6. The monoisotopic (exact) mass is 555 g/mol. The maximum Gasteiger partial charge on any atom is 0.252 e. The summed E-state index contributed by atoms with van der Waals surface area (Å²) in [5.74, 6) is -1.01. The first-order chi connectivity index (χ1) is 19.1. The van der Waals surface area contributed by atoms with Crippen LogP contribution in [0.5, 0.6) is 0 Å². The Hall–Kier alpha value is -3.21. The number of carbonyl (C=O) groups is 1. The quantitative estimate of drug-likeness (QED) is 0.343. The second-order valence-electron chi connectivity index (χ2n) is 10.8. The van der Waals surface area contributed by atoms with E-state index in [4.69, 9.17) is 20.2 Å². The predicted molar refractivity (Wildman–Crippen MR) is 148 cm³/mol. The number of amides is 1. The third-order valence-electron chi connectivity index (χ3n) is 7.54. The minimum absolute atomic E-state index is 0.0228. The molecule has 1 fully saturated rings. The Morgan fingerprint density at radius 3 is 2.65 bits per heavy atom. The molecular formula is C30H39F2N5O3. The van der Waals surface area contributed by atoms with Crippen molar-refractivity contribution in [2.45, 2.75) is 76.8 Å². The number of rotatable bonds is 12. The SMILES string of the molecule is CC[C@@H](N)CCN(C(=O)[C@@H]1CCCO1)[C@@H](c1nc(-c2cc(F)ccc2F)nn1Cc1ccccc1)C(C)(C)OC. The van der Waals surface area contributed by atoms with Crippen molar-refractivity contribution in [2.75, 3.05) is 20.3 Å².